The molecule has 0 radical (unpaired) electrons. The summed E-state index contributed by atoms with van der Waals surface area (Å²) in [7, 11) is 1.13. The molecule has 0 aromatic heterocycles. The van der Waals surface area contributed by atoms with Gasteiger partial charge in [-0.05, 0) is 0 Å². The van der Waals surface area contributed by atoms with E-state index in [1.165, 1.54) is 6.92 Å². The Morgan fingerprint density at radius 3 is 2.50 bits per heavy atom. The number of nitro groups is 1. The van der Waals surface area contributed by atoms with E-state index in [0.29, 0.717) is 6.08 Å². The van der Waals surface area contributed by atoms with Gasteiger partial charge < -0.3 is 4.74 Å². The van der Waals surface area contributed by atoms with Crippen molar-refractivity contribution < 1.29 is 22.8 Å². The summed E-state index contributed by atoms with van der Waals surface area (Å²) in [5, 5.41) is 10.5. The molecule has 0 heterocycles. The lowest BCUT2D eigenvalue weighted by Crippen LogP contribution is -2.22. The van der Waals surface area contributed by atoms with Crippen molar-refractivity contribution in [2.75, 3.05) is 7.11 Å². The van der Waals surface area contributed by atoms with Gasteiger partial charge in [0, 0.05) is 18.4 Å². The van der Waals surface area contributed by atoms with E-state index in [-0.39, 0.29) is 12.2 Å². The van der Waals surface area contributed by atoms with Gasteiger partial charge in [-0.25, -0.2) is 0 Å². The van der Waals surface area contributed by atoms with Crippen LogP contribution in [0.15, 0.2) is 23.1 Å². The molecule has 90 valence electrons. The van der Waals surface area contributed by atoms with Crippen molar-refractivity contribution in [3.05, 3.63) is 33.2 Å². The van der Waals surface area contributed by atoms with Gasteiger partial charge >= 0.3 is 6.18 Å². The van der Waals surface area contributed by atoms with E-state index in [0.717, 1.165) is 7.11 Å². The lowest BCUT2D eigenvalue weighted by Gasteiger charge is -2.22. The molecule has 0 aromatic carbocycles. The fourth-order valence-corrected chi connectivity index (χ4v) is 1.63. The number of rotatable bonds is 2. The SMILES string of the molecule is COC1=C(C(F)(F)F)C=C([N+](=O)[O-])CC1C. The molecule has 0 aromatic rings. The molecule has 1 rings (SSSR count). The average Bonchev–Trinajstić information content (AvgIpc) is 2.14. The molecule has 0 saturated carbocycles. The Kier molecular flexibility index (Phi) is 3.25. The lowest BCUT2D eigenvalue weighted by molar-refractivity contribution is -0.429. The monoisotopic (exact) mass is 237 g/mol. The smallest absolute Gasteiger partial charge is 0.419 e. The van der Waals surface area contributed by atoms with Gasteiger partial charge in [-0.2, -0.15) is 13.2 Å². The molecule has 0 fully saturated rings. The Morgan fingerprint density at radius 2 is 2.12 bits per heavy atom. The molecular weight excluding hydrogens is 227 g/mol. The summed E-state index contributed by atoms with van der Waals surface area (Å²) < 4.78 is 42.4. The van der Waals surface area contributed by atoms with E-state index in [4.69, 9.17) is 0 Å². The summed E-state index contributed by atoms with van der Waals surface area (Å²) >= 11 is 0. The Bertz CT molecular complexity index is 371. The van der Waals surface area contributed by atoms with E-state index in [1.807, 2.05) is 0 Å². The van der Waals surface area contributed by atoms with Crippen LogP contribution in [-0.2, 0) is 4.74 Å². The molecule has 7 heteroatoms. The number of alkyl halides is 3. The van der Waals surface area contributed by atoms with Crippen LogP contribution in [0, 0.1) is 16.0 Å². The molecule has 0 aliphatic heterocycles. The maximum absolute atomic E-state index is 12.6. The van der Waals surface area contributed by atoms with Crippen LogP contribution in [0.3, 0.4) is 0 Å². The fraction of sp³-hybridized carbons (Fsp3) is 0.556. The minimum atomic E-state index is -4.64. The fourth-order valence-electron chi connectivity index (χ4n) is 1.63. The van der Waals surface area contributed by atoms with Crippen molar-refractivity contribution in [2.45, 2.75) is 19.5 Å². The second-order valence-electron chi connectivity index (χ2n) is 3.48. The first-order chi connectivity index (χ1) is 7.27. The molecule has 1 aliphatic carbocycles. The van der Waals surface area contributed by atoms with Crippen molar-refractivity contribution in [3.8, 4) is 0 Å². The average molecular weight is 237 g/mol. The zero-order valence-electron chi connectivity index (χ0n) is 8.67. The normalized spacial score (nSPS) is 21.8. The predicted octanol–water partition coefficient (Wildman–Crippen LogP) is 2.65. The molecule has 1 aliphatic rings. The quantitative estimate of drug-likeness (QED) is 0.548. The summed E-state index contributed by atoms with van der Waals surface area (Å²) in [4.78, 5) is 9.68. The van der Waals surface area contributed by atoms with Crippen LogP contribution < -0.4 is 0 Å². The second-order valence-corrected chi connectivity index (χ2v) is 3.48. The molecule has 1 unspecified atom stereocenters. The van der Waals surface area contributed by atoms with Crippen molar-refractivity contribution in [1.29, 1.82) is 0 Å². The Balaban J connectivity index is 3.27. The Morgan fingerprint density at radius 1 is 1.56 bits per heavy atom. The Hall–Kier alpha value is -1.53. The highest BCUT2D eigenvalue weighted by Gasteiger charge is 2.41. The highest BCUT2D eigenvalue weighted by Crippen LogP contribution is 2.38. The number of hydrogen-bond acceptors (Lipinski definition) is 3. The predicted molar refractivity (Wildman–Crippen MR) is 48.9 cm³/mol. The van der Waals surface area contributed by atoms with Gasteiger partial charge in [0.05, 0.1) is 17.6 Å². The van der Waals surface area contributed by atoms with E-state index >= 15 is 0 Å². The van der Waals surface area contributed by atoms with Crippen molar-refractivity contribution >= 4 is 0 Å². The first-order valence-corrected chi connectivity index (χ1v) is 4.47. The van der Waals surface area contributed by atoms with E-state index in [2.05, 4.69) is 4.74 Å². The van der Waals surface area contributed by atoms with Crippen molar-refractivity contribution in [1.82, 2.24) is 0 Å². The third-order valence-corrected chi connectivity index (χ3v) is 2.30. The van der Waals surface area contributed by atoms with Crippen molar-refractivity contribution in [2.24, 2.45) is 5.92 Å². The molecule has 0 N–H and O–H groups in total. The topological polar surface area (TPSA) is 52.4 Å². The number of ether oxygens (including phenoxy) is 1. The number of halogens is 3. The maximum atomic E-state index is 12.6. The summed E-state index contributed by atoms with van der Waals surface area (Å²) in [6, 6.07) is 0. The van der Waals surface area contributed by atoms with Gasteiger partial charge in [0.1, 0.15) is 5.76 Å². The molecule has 0 bridgehead atoms. The Labute approximate surface area is 89.5 Å². The summed E-state index contributed by atoms with van der Waals surface area (Å²) in [5.41, 5.74) is -1.51. The van der Waals surface area contributed by atoms with E-state index < -0.39 is 28.3 Å². The highest BCUT2D eigenvalue weighted by molar-refractivity contribution is 5.33. The number of nitrogens with zero attached hydrogens (tertiary/aromatic N) is 1. The molecule has 0 spiro atoms. The van der Waals surface area contributed by atoms with E-state index in [1.54, 1.807) is 0 Å². The van der Waals surface area contributed by atoms with Crippen LogP contribution in [0.25, 0.3) is 0 Å². The van der Waals surface area contributed by atoms with Crippen LogP contribution >= 0.6 is 0 Å². The third-order valence-electron chi connectivity index (χ3n) is 2.30. The van der Waals surface area contributed by atoms with Gasteiger partial charge in [-0.3, -0.25) is 10.1 Å². The van der Waals surface area contributed by atoms with Gasteiger partial charge in [0.25, 0.3) is 0 Å². The third kappa shape index (κ3) is 2.34. The standard InChI is InChI=1S/C9H10F3NO3/c1-5-3-6(13(14)15)4-7(8(5)16-2)9(10,11)12/h4-5H,3H2,1-2H3. The van der Waals surface area contributed by atoms with Crippen LogP contribution in [0.1, 0.15) is 13.3 Å². The second kappa shape index (κ2) is 4.15. The largest absolute Gasteiger partial charge is 0.500 e. The zero-order chi connectivity index (χ0) is 12.5. The van der Waals surface area contributed by atoms with Crippen LogP contribution in [-0.4, -0.2) is 18.2 Å². The molecule has 0 saturated heterocycles. The van der Waals surface area contributed by atoms with Crippen LogP contribution in [0.4, 0.5) is 13.2 Å². The van der Waals surface area contributed by atoms with Crippen LogP contribution in [0.5, 0.6) is 0 Å². The first-order valence-electron chi connectivity index (χ1n) is 4.47. The minimum absolute atomic E-state index is 0.0598. The van der Waals surface area contributed by atoms with Gasteiger partial charge in [-0.1, -0.05) is 6.92 Å². The number of allylic oxidation sites excluding steroid dienone is 4. The number of methoxy groups -OCH3 is 1. The summed E-state index contributed by atoms with van der Waals surface area (Å²) in [6.07, 6.45) is -4.16. The summed E-state index contributed by atoms with van der Waals surface area (Å²) in [5.74, 6) is -0.898. The lowest BCUT2D eigenvalue weighted by atomic mass is 9.93. The number of hydrogen-bond donors (Lipinski definition) is 0. The molecule has 1 atom stereocenters. The highest BCUT2D eigenvalue weighted by atomic mass is 19.4. The molecule has 0 amide bonds. The van der Waals surface area contributed by atoms with Crippen LogP contribution in [0.2, 0.25) is 0 Å². The zero-order valence-corrected chi connectivity index (χ0v) is 8.67. The molecule has 16 heavy (non-hydrogen) atoms. The van der Waals surface area contributed by atoms with Gasteiger partial charge in [0.15, 0.2) is 0 Å². The maximum Gasteiger partial charge on any atom is 0.419 e. The summed E-state index contributed by atoms with van der Waals surface area (Å²) in [6.45, 7) is 1.46. The molecular formula is C9H10F3NO3. The first kappa shape index (κ1) is 12.5. The minimum Gasteiger partial charge on any atom is -0.500 e. The van der Waals surface area contributed by atoms with E-state index in [9.17, 15) is 23.3 Å². The molecule has 4 nitrogen and oxygen atoms in total. The van der Waals surface area contributed by atoms with Gasteiger partial charge in [0.2, 0.25) is 5.70 Å². The van der Waals surface area contributed by atoms with Crippen molar-refractivity contribution in [3.63, 3.8) is 0 Å². The van der Waals surface area contributed by atoms with Gasteiger partial charge in [-0.15, -0.1) is 0 Å².